The van der Waals surface area contributed by atoms with Crippen LogP contribution in [-0.4, -0.2) is 52.5 Å². The van der Waals surface area contributed by atoms with Crippen LogP contribution < -0.4 is 16.3 Å². The molecule has 27 heavy (non-hydrogen) atoms. The van der Waals surface area contributed by atoms with E-state index in [-0.39, 0.29) is 17.8 Å². The second kappa shape index (κ2) is 8.90. The Labute approximate surface area is 158 Å². The average molecular weight is 376 g/mol. The number of furan rings is 1. The van der Waals surface area contributed by atoms with Crippen LogP contribution in [0, 0.1) is 0 Å². The first-order valence-corrected chi connectivity index (χ1v) is 9.44. The summed E-state index contributed by atoms with van der Waals surface area (Å²) in [5.41, 5.74) is -0.0403. The lowest BCUT2D eigenvalue weighted by Crippen LogP contribution is -2.41. The van der Waals surface area contributed by atoms with E-state index in [2.05, 4.69) is 15.7 Å². The minimum absolute atomic E-state index is 0.0267. The van der Waals surface area contributed by atoms with E-state index in [0.717, 1.165) is 37.4 Å². The largest absolute Gasteiger partial charge is 0.468 e. The number of nitrogens with zero attached hydrogens (tertiary/aromatic N) is 4. The minimum Gasteiger partial charge on any atom is -0.468 e. The summed E-state index contributed by atoms with van der Waals surface area (Å²) in [4.78, 5) is 26.3. The van der Waals surface area contributed by atoms with E-state index in [9.17, 15) is 9.59 Å². The third-order valence-corrected chi connectivity index (χ3v) is 4.81. The van der Waals surface area contributed by atoms with Gasteiger partial charge in [0.25, 0.3) is 0 Å². The van der Waals surface area contributed by atoms with Crippen molar-refractivity contribution in [2.75, 3.05) is 27.2 Å². The molecule has 1 unspecified atom stereocenters. The van der Waals surface area contributed by atoms with Crippen molar-refractivity contribution in [2.45, 2.75) is 44.8 Å². The highest BCUT2D eigenvalue weighted by atomic mass is 16.3. The highest BCUT2D eigenvalue weighted by Crippen LogP contribution is 2.17. The smallest absolute Gasteiger partial charge is 0.345 e. The molecule has 0 aromatic carbocycles. The van der Waals surface area contributed by atoms with Gasteiger partial charge in [-0.05, 0) is 45.5 Å². The normalized spacial score (nSPS) is 14.8. The molecule has 148 valence electrons. The molecule has 1 atom stereocenters. The van der Waals surface area contributed by atoms with Crippen LogP contribution in [0.5, 0.6) is 0 Å². The first-order valence-electron chi connectivity index (χ1n) is 9.44. The van der Waals surface area contributed by atoms with Gasteiger partial charge >= 0.3 is 11.7 Å². The molecule has 0 fully saturated rings. The van der Waals surface area contributed by atoms with Crippen molar-refractivity contribution in [3.63, 3.8) is 0 Å². The van der Waals surface area contributed by atoms with Crippen molar-refractivity contribution in [1.29, 1.82) is 0 Å². The summed E-state index contributed by atoms with van der Waals surface area (Å²) in [5, 5.41) is 10.1. The van der Waals surface area contributed by atoms with Crippen LogP contribution >= 0.6 is 0 Å². The molecular formula is C18H28N6O3. The van der Waals surface area contributed by atoms with Gasteiger partial charge in [0.15, 0.2) is 0 Å². The fourth-order valence-corrected chi connectivity index (χ4v) is 3.30. The van der Waals surface area contributed by atoms with Crippen molar-refractivity contribution in [3.8, 4) is 0 Å². The fourth-order valence-electron chi connectivity index (χ4n) is 3.30. The van der Waals surface area contributed by atoms with Gasteiger partial charge in [-0.1, -0.05) is 0 Å². The van der Waals surface area contributed by atoms with Crippen molar-refractivity contribution in [2.24, 2.45) is 0 Å². The summed E-state index contributed by atoms with van der Waals surface area (Å²) >= 11 is 0. The van der Waals surface area contributed by atoms with Gasteiger partial charge in [-0.3, -0.25) is 9.47 Å². The van der Waals surface area contributed by atoms with Crippen LogP contribution in [0.3, 0.4) is 0 Å². The van der Waals surface area contributed by atoms with Crippen LogP contribution in [0.25, 0.3) is 0 Å². The van der Waals surface area contributed by atoms with E-state index in [1.54, 1.807) is 10.8 Å². The number of nitrogens with one attached hydrogen (secondary N) is 2. The van der Waals surface area contributed by atoms with Crippen LogP contribution in [0.4, 0.5) is 4.79 Å². The van der Waals surface area contributed by atoms with E-state index in [4.69, 9.17) is 4.42 Å². The lowest BCUT2D eigenvalue weighted by molar-refractivity contribution is 0.225. The Hall–Kier alpha value is -2.55. The van der Waals surface area contributed by atoms with Gasteiger partial charge in [-0.15, -0.1) is 0 Å². The Morgan fingerprint density at radius 3 is 2.93 bits per heavy atom. The van der Waals surface area contributed by atoms with Gasteiger partial charge in [0.1, 0.15) is 11.6 Å². The SMILES string of the molecule is CN(C)C(CNC(=O)NCCCn1nc2n(c1=O)CCCC2)c1ccco1. The molecule has 3 heterocycles. The summed E-state index contributed by atoms with van der Waals surface area (Å²) in [5.74, 6) is 1.69. The lowest BCUT2D eigenvalue weighted by atomic mass is 10.2. The first-order chi connectivity index (χ1) is 13.1. The number of amides is 2. The maximum Gasteiger partial charge on any atom is 0.345 e. The number of rotatable bonds is 8. The zero-order valence-electron chi connectivity index (χ0n) is 16.0. The number of aryl methyl sites for hydroxylation is 2. The average Bonchev–Trinajstić information content (AvgIpc) is 3.28. The van der Waals surface area contributed by atoms with Crippen LogP contribution in [0.1, 0.15) is 36.9 Å². The second-order valence-corrected chi connectivity index (χ2v) is 7.02. The van der Waals surface area contributed by atoms with Gasteiger partial charge in [0.2, 0.25) is 0 Å². The fraction of sp³-hybridized carbons (Fsp3) is 0.611. The zero-order chi connectivity index (χ0) is 19.2. The standard InChI is InChI=1S/C18H28N6O3/c1-22(2)14(15-7-5-12-27-15)13-20-17(25)19-9-6-11-24-18(26)23-10-4-3-8-16(23)21-24/h5,7,12,14H,3-4,6,8-11,13H2,1-2H3,(H2,19,20,25). The van der Waals surface area contributed by atoms with Gasteiger partial charge in [0, 0.05) is 32.6 Å². The summed E-state index contributed by atoms with van der Waals surface area (Å²) in [6.07, 6.45) is 5.27. The van der Waals surface area contributed by atoms with Gasteiger partial charge in [-0.25, -0.2) is 14.3 Å². The molecule has 0 spiro atoms. The topological polar surface area (TPSA) is 97.3 Å². The predicted molar refractivity (Wildman–Crippen MR) is 101 cm³/mol. The van der Waals surface area contributed by atoms with Crippen LogP contribution in [0.15, 0.2) is 27.6 Å². The molecule has 1 aliphatic rings. The van der Waals surface area contributed by atoms with E-state index >= 15 is 0 Å². The maximum atomic E-state index is 12.2. The number of fused-ring (bicyclic) bond motifs is 1. The second-order valence-electron chi connectivity index (χ2n) is 7.02. The number of hydrogen-bond donors (Lipinski definition) is 2. The van der Waals surface area contributed by atoms with E-state index < -0.39 is 0 Å². The highest BCUT2D eigenvalue weighted by Gasteiger charge is 2.18. The number of urea groups is 1. The molecule has 0 bridgehead atoms. The molecule has 2 aromatic rings. The Morgan fingerprint density at radius 1 is 1.37 bits per heavy atom. The van der Waals surface area contributed by atoms with E-state index in [1.165, 1.54) is 4.68 Å². The Kier molecular flexibility index (Phi) is 6.33. The summed E-state index contributed by atoms with van der Waals surface area (Å²) < 4.78 is 8.70. The summed E-state index contributed by atoms with van der Waals surface area (Å²) in [6, 6.07) is 3.47. The summed E-state index contributed by atoms with van der Waals surface area (Å²) in [6.45, 7) is 2.19. The molecule has 1 aliphatic heterocycles. The number of carbonyl (C=O) groups is 1. The predicted octanol–water partition coefficient (Wildman–Crippen LogP) is 0.966. The van der Waals surface area contributed by atoms with Gasteiger partial charge < -0.3 is 15.1 Å². The van der Waals surface area contributed by atoms with E-state index in [0.29, 0.717) is 26.1 Å². The summed E-state index contributed by atoms with van der Waals surface area (Å²) in [7, 11) is 3.88. The van der Waals surface area contributed by atoms with Crippen molar-refractivity contribution < 1.29 is 9.21 Å². The number of hydrogen-bond acceptors (Lipinski definition) is 5. The van der Waals surface area contributed by atoms with Crippen molar-refractivity contribution in [3.05, 3.63) is 40.5 Å². The lowest BCUT2D eigenvalue weighted by Gasteiger charge is -2.22. The molecule has 2 N–H and O–H groups in total. The molecular weight excluding hydrogens is 348 g/mol. The quantitative estimate of drug-likeness (QED) is 0.669. The van der Waals surface area contributed by atoms with Crippen LogP contribution in [0.2, 0.25) is 0 Å². The number of likely N-dealkylation sites (N-methyl/N-ethyl adjacent to an activating group) is 1. The monoisotopic (exact) mass is 376 g/mol. The Morgan fingerprint density at radius 2 is 2.22 bits per heavy atom. The van der Waals surface area contributed by atoms with Gasteiger partial charge in [0.05, 0.1) is 12.3 Å². The van der Waals surface area contributed by atoms with E-state index in [1.807, 2.05) is 31.1 Å². The molecule has 3 rings (SSSR count). The van der Waals surface area contributed by atoms with Crippen molar-refractivity contribution >= 4 is 6.03 Å². The first kappa shape index (κ1) is 19.2. The molecule has 0 aliphatic carbocycles. The molecule has 0 saturated heterocycles. The minimum atomic E-state index is -0.232. The molecule has 0 radical (unpaired) electrons. The Bertz CT molecular complexity index is 793. The Balaban J connectivity index is 1.40. The number of carbonyl (C=O) groups excluding carboxylic acids is 1. The molecule has 2 aromatic heterocycles. The molecule has 0 saturated carbocycles. The highest BCUT2D eigenvalue weighted by molar-refractivity contribution is 5.73. The van der Waals surface area contributed by atoms with Crippen molar-refractivity contribution in [1.82, 2.24) is 29.9 Å². The maximum absolute atomic E-state index is 12.2. The molecule has 9 heteroatoms. The molecule has 9 nitrogen and oxygen atoms in total. The molecule has 2 amide bonds. The third kappa shape index (κ3) is 4.79. The zero-order valence-corrected chi connectivity index (χ0v) is 16.0. The van der Waals surface area contributed by atoms with Crippen LogP contribution in [-0.2, 0) is 19.5 Å². The van der Waals surface area contributed by atoms with Gasteiger partial charge in [-0.2, -0.15) is 5.10 Å². The third-order valence-electron chi connectivity index (χ3n) is 4.81. The number of aromatic nitrogens is 3.